The SMILES string of the molecule is CCc1sc2ccc(O)c3c2c1CNCC3. The molecule has 2 aromatic rings. The summed E-state index contributed by atoms with van der Waals surface area (Å²) in [6, 6.07) is 3.88. The van der Waals surface area contributed by atoms with Crippen LogP contribution in [-0.4, -0.2) is 11.7 Å². The number of phenols is 1. The van der Waals surface area contributed by atoms with Crippen LogP contribution >= 0.6 is 11.3 Å². The third kappa shape index (κ3) is 1.35. The Bertz CT molecular complexity index is 544. The smallest absolute Gasteiger partial charge is 0.119 e. The summed E-state index contributed by atoms with van der Waals surface area (Å²) in [5, 5.41) is 14.7. The van der Waals surface area contributed by atoms with Crippen molar-refractivity contribution in [2.45, 2.75) is 26.3 Å². The van der Waals surface area contributed by atoms with Gasteiger partial charge in [-0.15, -0.1) is 11.3 Å². The van der Waals surface area contributed by atoms with Gasteiger partial charge in [0.05, 0.1) is 0 Å². The molecule has 0 unspecified atom stereocenters. The molecule has 3 rings (SSSR count). The predicted octanol–water partition coefficient (Wildman–Crippen LogP) is 2.82. The van der Waals surface area contributed by atoms with E-state index in [-0.39, 0.29) is 0 Å². The van der Waals surface area contributed by atoms with Crippen molar-refractivity contribution in [3.63, 3.8) is 0 Å². The van der Waals surface area contributed by atoms with E-state index in [4.69, 9.17) is 0 Å². The summed E-state index contributed by atoms with van der Waals surface area (Å²) in [7, 11) is 0. The van der Waals surface area contributed by atoms with Gasteiger partial charge in [-0.2, -0.15) is 0 Å². The fraction of sp³-hybridized carbons (Fsp3) is 0.385. The second-order valence-electron chi connectivity index (χ2n) is 4.22. The summed E-state index contributed by atoms with van der Waals surface area (Å²) >= 11 is 1.87. The first-order chi connectivity index (χ1) is 7.81. The molecule has 1 aliphatic rings. The number of thiophene rings is 1. The number of aryl methyl sites for hydroxylation is 1. The molecule has 1 aromatic carbocycles. The Morgan fingerprint density at radius 1 is 1.38 bits per heavy atom. The second-order valence-corrected chi connectivity index (χ2v) is 5.36. The van der Waals surface area contributed by atoms with Gasteiger partial charge in [0, 0.05) is 27.1 Å². The van der Waals surface area contributed by atoms with Gasteiger partial charge in [0.25, 0.3) is 0 Å². The molecular weight excluding hydrogens is 218 g/mol. The molecule has 0 bridgehead atoms. The Morgan fingerprint density at radius 2 is 2.25 bits per heavy atom. The molecule has 0 spiro atoms. The molecule has 0 aliphatic carbocycles. The molecular formula is C13H15NOS. The van der Waals surface area contributed by atoms with Gasteiger partial charge < -0.3 is 10.4 Å². The highest BCUT2D eigenvalue weighted by Crippen LogP contribution is 2.38. The van der Waals surface area contributed by atoms with Crippen LogP contribution in [0.2, 0.25) is 0 Å². The summed E-state index contributed by atoms with van der Waals surface area (Å²) in [6.07, 6.45) is 2.01. The van der Waals surface area contributed by atoms with E-state index in [1.54, 1.807) is 0 Å². The van der Waals surface area contributed by atoms with Crippen molar-refractivity contribution in [2.24, 2.45) is 0 Å². The van der Waals surface area contributed by atoms with Gasteiger partial charge in [0.2, 0.25) is 0 Å². The quantitative estimate of drug-likeness (QED) is 0.794. The molecule has 0 saturated carbocycles. The topological polar surface area (TPSA) is 32.3 Å². The summed E-state index contributed by atoms with van der Waals surface area (Å²) < 4.78 is 1.32. The number of nitrogens with one attached hydrogen (secondary N) is 1. The van der Waals surface area contributed by atoms with Crippen molar-refractivity contribution in [1.29, 1.82) is 0 Å². The maximum atomic E-state index is 9.95. The fourth-order valence-corrected chi connectivity index (χ4v) is 3.71. The summed E-state index contributed by atoms with van der Waals surface area (Å²) in [6.45, 7) is 4.10. The summed E-state index contributed by atoms with van der Waals surface area (Å²) in [5.74, 6) is 0.456. The fourth-order valence-electron chi connectivity index (χ4n) is 2.52. The van der Waals surface area contributed by atoms with Crippen molar-refractivity contribution in [1.82, 2.24) is 5.32 Å². The van der Waals surface area contributed by atoms with Gasteiger partial charge in [0.1, 0.15) is 5.75 Å². The minimum atomic E-state index is 0.456. The highest BCUT2D eigenvalue weighted by atomic mass is 32.1. The Hall–Kier alpha value is -1.06. The molecule has 2 nitrogen and oxygen atoms in total. The first-order valence-corrected chi connectivity index (χ1v) is 6.58. The van der Waals surface area contributed by atoms with E-state index in [1.165, 1.54) is 20.5 Å². The standard InChI is InChI=1S/C13H15NOS/c1-2-11-9-7-14-6-5-8-10(15)3-4-12(16-11)13(8)9/h3-4,14-15H,2,5-7H2,1H3. The Morgan fingerprint density at radius 3 is 3.06 bits per heavy atom. The molecule has 0 fully saturated rings. The Balaban J connectivity index is 2.39. The van der Waals surface area contributed by atoms with Crippen molar-refractivity contribution in [2.75, 3.05) is 6.54 Å². The van der Waals surface area contributed by atoms with Gasteiger partial charge in [-0.1, -0.05) is 6.92 Å². The van der Waals surface area contributed by atoms with E-state index in [2.05, 4.69) is 12.2 Å². The van der Waals surface area contributed by atoms with Gasteiger partial charge in [-0.3, -0.25) is 0 Å². The van der Waals surface area contributed by atoms with Crippen LogP contribution in [0.3, 0.4) is 0 Å². The van der Waals surface area contributed by atoms with Gasteiger partial charge in [-0.25, -0.2) is 0 Å². The van der Waals surface area contributed by atoms with E-state index >= 15 is 0 Å². The molecule has 0 radical (unpaired) electrons. The maximum Gasteiger partial charge on any atom is 0.119 e. The van der Waals surface area contributed by atoms with Crippen LogP contribution in [-0.2, 0) is 19.4 Å². The highest BCUT2D eigenvalue weighted by Gasteiger charge is 2.18. The third-order valence-corrected chi connectivity index (χ3v) is 4.64. The average Bonchev–Trinajstić information content (AvgIpc) is 2.49. The minimum absolute atomic E-state index is 0.456. The van der Waals surface area contributed by atoms with Crippen molar-refractivity contribution < 1.29 is 5.11 Å². The normalized spacial score (nSPS) is 15.3. The van der Waals surface area contributed by atoms with Crippen molar-refractivity contribution >= 4 is 21.4 Å². The molecule has 16 heavy (non-hydrogen) atoms. The molecule has 1 aliphatic heterocycles. The van der Waals surface area contributed by atoms with Gasteiger partial charge in [0.15, 0.2) is 0 Å². The van der Waals surface area contributed by atoms with E-state index in [1.807, 2.05) is 23.5 Å². The largest absolute Gasteiger partial charge is 0.508 e. The van der Waals surface area contributed by atoms with E-state index in [0.717, 1.165) is 31.5 Å². The zero-order valence-electron chi connectivity index (χ0n) is 9.34. The number of hydrogen-bond acceptors (Lipinski definition) is 3. The number of hydrogen-bond donors (Lipinski definition) is 2. The van der Waals surface area contributed by atoms with Crippen LogP contribution in [0, 0.1) is 0 Å². The molecule has 3 heteroatoms. The van der Waals surface area contributed by atoms with E-state index in [9.17, 15) is 5.11 Å². The minimum Gasteiger partial charge on any atom is -0.508 e. The van der Waals surface area contributed by atoms with Crippen molar-refractivity contribution in [3.8, 4) is 5.75 Å². The average molecular weight is 233 g/mol. The number of rotatable bonds is 1. The van der Waals surface area contributed by atoms with Crippen LogP contribution in [0.15, 0.2) is 12.1 Å². The molecule has 84 valence electrons. The van der Waals surface area contributed by atoms with Crippen LogP contribution in [0.25, 0.3) is 10.1 Å². The molecule has 0 atom stereocenters. The zero-order valence-corrected chi connectivity index (χ0v) is 10.2. The van der Waals surface area contributed by atoms with Crippen LogP contribution in [0.1, 0.15) is 22.9 Å². The number of aromatic hydroxyl groups is 1. The Kier molecular flexibility index (Phi) is 2.37. The van der Waals surface area contributed by atoms with Crippen molar-refractivity contribution in [3.05, 3.63) is 28.1 Å². The lowest BCUT2D eigenvalue weighted by Gasteiger charge is -2.03. The van der Waals surface area contributed by atoms with Gasteiger partial charge in [-0.05, 0) is 37.1 Å². The van der Waals surface area contributed by atoms with Crippen LogP contribution in [0.4, 0.5) is 0 Å². The lowest BCUT2D eigenvalue weighted by molar-refractivity contribution is 0.469. The lowest BCUT2D eigenvalue weighted by Crippen LogP contribution is -2.14. The molecule has 1 aromatic heterocycles. The predicted molar refractivity (Wildman–Crippen MR) is 68.3 cm³/mol. The first-order valence-electron chi connectivity index (χ1n) is 5.77. The van der Waals surface area contributed by atoms with E-state index < -0.39 is 0 Å². The van der Waals surface area contributed by atoms with E-state index in [0.29, 0.717) is 5.75 Å². The lowest BCUT2D eigenvalue weighted by atomic mass is 10.0. The number of benzene rings is 1. The van der Waals surface area contributed by atoms with Gasteiger partial charge >= 0.3 is 0 Å². The molecule has 2 heterocycles. The van der Waals surface area contributed by atoms with Crippen LogP contribution < -0.4 is 5.32 Å². The molecule has 0 saturated heterocycles. The molecule has 2 N–H and O–H groups in total. The summed E-state index contributed by atoms with van der Waals surface area (Å²) in [5.41, 5.74) is 2.54. The summed E-state index contributed by atoms with van der Waals surface area (Å²) in [4.78, 5) is 1.45. The number of phenolic OH excluding ortho intramolecular Hbond substituents is 1. The highest BCUT2D eigenvalue weighted by molar-refractivity contribution is 7.19. The first kappa shape index (κ1) is 10.1. The molecule has 0 amide bonds. The zero-order chi connectivity index (χ0) is 11.1. The maximum absolute atomic E-state index is 9.95. The van der Waals surface area contributed by atoms with Crippen LogP contribution in [0.5, 0.6) is 5.75 Å². The monoisotopic (exact) mass is 233 g/mol. The third-order valence-electron chi connectivity index (χ3n) is 3.30. The Labute approximate surface area is 98.9 Å². The second kappa shape index (κ2) is 3.75.